The molecule has 2 N–H and O–H groups in total. The Morgan fingerprint density at radius 1 is 1.14 bits per heavy atom. The molecule has 0 fully saturated rings. The van der Waals surface area contributed by atoms with E-state index in [9.17, 15) is 13.2 Å². The van der Waals surface area contributed by atoms with Crippen molar-refractivity contribution in [1.29, 1.82) is 0 Å². The summed E-state index contributed by atoms with van der Waals surface area (Å²) >= 11 is 2.82. The standard InChI is InChI=1S/C19H22N4O3S3/c1-3-13(4-2)18-22-23-19(28-18)21-17(24)14-7-5-9-16(11-14)29(25,26)20-12-15-8-6-10-27-15/h5-11,13,20H,3-4,12H2,1-2H3,(H,21,23,24). The molecule has 154 valence electrons. The summed E-state index contributed by atoms with van der Waals surface area (Å²) in [6.07, 6.45) is 1.91. The van der Waals surface area contributed by atoms with Crippen LogP contribution in [0.3, 0.4) is 0 Å². The molecule has 1 amide bonds. The summed E-state index contributed by atoms with van der Waals surface area (Å²) in [5, 5.41) is 14.1. The van der Waals surface area contributed by atoms with E-state index in [1.165, 1.54) is 34.8 Å². The predicted octanol–water partition coefficient (Wildman–Crippen LogP) is 4.23. The first-order chi connectivity index (χ1) is 13.9. The minimum absolute atomic E-state index is 0.0386. The molecule has 0 aliphatic rings. The number of nitrogens with one attached hydrogen (secondary N) is 2. The molecule has 1 aromatic carbocycles. The van der Waals surface area contributed by atoms with Crippen molar-refractivity contribution in [2.75, 3.05) is 5.32 Å². The number of anilines is 1. The summed E-state index contributed by atoms with van der Waals surface area (Å²) in [6.45, 7) is 4.39. The Bertz CT molecular complexity index is 1060. The Kier molecular flexibility index (Phi) is 7.12. The van der Waals surface area contributed by atoms with E-state index in [2.05, 4.69) is 34.1 Å². The second kappa shape index (κ2) is 9.57. The lowest BCUT2D eigenvalue weighted by molar-refractivity contribution is 0.102. The molecule has 0 saturated carbocycles. The molecule has 0 atom stereocenters. The maximum absolute atomic E-state index is 12.6. The van der Waals surface area contributed by atoms with Crippen molar-refractivity contribution in [3.8, 4) is 0 Å². The maximum atomic E-state index is 12.6. The highest BCUT2D eigenvalue weighted by molar-refractivity contribution is 7.89. The molecule has 0 saturated heterocycles. The first kappa shape index (κ1) is 21.6. The van der Waals surface area contributed by atoms with Gasteiger partial charge in [-0.05, 0) is 42.5 Å². The molecule has 2 aromatic heterocycles. The number of thiophene rings is 1. The molecule has 2 heterocycles. The van der Waals surface area contributed by atoms with Crippen LogP contribution in [-0.4, -0.2) is 24.5 Å². The van der Waals surface area contributed by atoms with Crippen LogP contribution in [0, 0.1) is 0 Å². The van der Waals surface area contributed by atoms with Crippen LogP contribution in [0.5, 0.6) is 0 Å². The quantitative estimate of drug-likeness (QED) is 0.508. The average molecular weight is 451 g/mol. The number of hydrogen-bond donors (Lipinski definition) is 2. The molecule has 0 unspecified atom stereocenters. The van der Waals surface area contributed by atoms with Gasteiger partial charge < -0.3 is 0 Å². The van der Waals surface area contributed by atoms with Crippen LogP contribution in [0.4, 0.5) is 5.13 Å². The first-order valence-electron chi connectivity index (χ1n) is 9.19. The molecular formula is C19H22N4O3S3. The van der Waals surface area contributed by atoms with Crippen LogP contribution in [0.25, 0.3) is 0 Å². The maximum Gasteiger partial charge on any atom is 0.257 e. The number of carbonyl (C=O) groups is 1. The SMILES string of the molecule is CCC(CC)c1nnc(NC(=O)c2cccc(S(=O)(=O)NCc3cccs3)c2)s1. The summed E-state index contributed by atoms with van der Waals surface area (Å²) in [5.41, 5.74) is 0.239. The molecule has 0 radical (unpaired) electrons. The van der Waals surface area contributed by atoms with Gasteiger partial charge in [-0.15, -0.1) is 21.5 Å². The Labute approximate surface area is 178 Å². The van der Waals surface area contributed by atoms with E-state index in [-0.39, 0.29) is 17.0 Å². The molecule has 10 heteroatoms. The molecule has 0 bridgehead atoms. The van der Waals surface area contributed by atoms with Crippen LogP contribution >= 0.6 is 22.7 Å². The van der Waals surface area contributed by atoms with Crippen molar-refractivity contribution >= 4 is 43.7 Å². The van der Waals surface area contributed by atoms with Gasteiger partial charge in [0.25, 0.3) is 5.91 Å². The average Bonchev–Trinajstić information content (AvgIpc) is 3.40. The highest BCUT2D eigenvalue weighted by atomic mass is 32.2. The molecule has 29 heavy (non-hydrogen) atoms. The van der Waals surface area contributed by atoms with Gasteiger partial charge in [0.15, 0.2) is 0 Å². The van der Waals surface area contributed by atoms with Gasteiger partial charge in [0.05, 0.1) is 4.90 Å². The Morgan fingerprint density at radius 3 is 2.62 bits per heavy atom. The molecule has 0 aliphatic carbocycles. The zero-order valence-electron chi connectivity index (χ0n) is 16.1. The van der Waals surface area contributed by atoms with Crippen molar-refractivity contribution < 1.29 is 13.2 Å². The number of amides is 1. The van der Waals surface area contributed by atoms with Crippen LogP contribution in [0.1, 0.15) is 52.8 Å². The molecule has 7 nitrogen and oxygen atoms in total. The third-order valence-corrected chi connectivity index (χ3v) is 7.70. The molecule has 3 aromatic rings. The number of rotatable bonds is 9. The largest absolute Gasteiger partial charge is 0.296 e. The zero-order chi connectivity index (χ0) is 20.9. The van der Waals surface area contributed by atoms with Crippen LogP contribution < -0.4 is 10.0 Å². The molecule has 0 spiro atoms. The Balaban J connectivity index is 1.70. The topological polar surface area (TPSA) is 101 Å². The van der Waals surface area contributed by atoms with Gasteiger partial charge in [0, 0.05) is 22.9 Å². The van der Waals surface area contributed by atoms with Crippen molar-refractivity contribution in [1.82, 2.24) is 14.9 Å². The number of carbonyl (C=O) groups excluding carboxylic acids is 1. The number of hydrogen-bond acceptors (Lipinski definition) is 7. The van der Waals surface area contributed by atoms with Gasteiger partial charge in [-0.3, -0.25) is 10.1 Å². The third-order valence-electron chi connectivity index (χ3n) is 4.42. The van der Waals surface area contributed by atoms with Gasteiger partial charge in [0.1, 0.15) is 5.01 Å². The second-order valence-electron chi connectivity index (χ2n) is 6.34. The van der Waals surface area contributed by atoms with Gasteiger partial charge >= 0.3 is 0 Å². The van der Waals surface area contributed by atoms with Gasteiger partial charge in [-0.2, -0.15) is 0 Å². The van der Waals surface area contributed by atoms with Crippen LogP contribution in [-0.2, 0) is 16.6 Å². The van der Waals surface area contributed by atoms with E-state index in [1.54, 1.807) is 12.1 Å². The smallest absolute Gasteiger partial charge is 0.257 e. The normalized spacial score (nSPS) is 11.7. The van der Waals surface area contributed by atoms with Crippen LogP contribution in [0.15, 0.2) is 46.7 Å². The van der Waals surface area contributed by atoms with E-state index < -0.39 is 15.9 Å². The van der Waals surface area contributed by atoms with Crippen molar-refractivity contribution in [3.05, 3.63) is 57.2 Å². The van der Waals surface area contributed by atoms with E-state index >= 15 is 0 Å². The summed E-state index contributed by atoms with van der Waals surface area (Å²) in [4.78, 5) is 13.5. The van der Waals surface area contributed by atoms with Crippen molar-refractivity contribution in [3.63, 3.8) is 0 Å². The molecule has 0 aliphatic heterocycles. The Morgan fingerprint density at radius 2 is 1.93 bits per heavy atom. The highest BCUT2D eigenvalue weighted by Crippen LogP contribution is 2.28. The number of sulfonamides is 1. The van der Waals surface area contributed by atoms with E-state index in [0.717, 1.165) is 22.7 Å². The van der Waals surface area contributed by atoms with Crippen molar-refractivity contribution in [2.45, 2.75) is 44.0 Å². The van der Waals surface area contributed by atoms with Crippen molar-refractivity contribution in [2.24, 2.45) is 0 Å². The predicted molar refractivity (Wildman–Crippen MR) is 116 cm³/mol. The van der Waals surface area contributed by atoms with E-state index in [4.69, 9.17) is 0 Å². The number of nitrogens with zero attached hydrogens (tertiary/aromatic N) is 2. The van der Waals surface area contributed by atoms with Gasteiger partial charge in [-0.25, -0.2) is 13.1 Å². The third kappa shape index (κ3) is 5.47. The van der Waals surface area contributed by atoms with Gasteiger partial charge in [-0.1, -0.05) is 37.3 Å². The van der Waals surface area contributed by atoms with Gasteiger partial charge in [0.2, 0.25) is 15.2 Å². The monoisotopic (exact) mass is 450 g/mol. The number of aromatic nitrogens is 2. The number of benzene rings is 1. The minimum Gasteiger partial charge on any atom is -0.296 e. The summed E-state index contributed by atoms with van der Waals surface area (Å²) in [7, 11) is -3.73. The minimum atomic E-state index is -3.73. The fourth-order valence-corrected chi connectivity index (χ4v) is 5.52. The summed E-state index contributed by atoms with van der Waals surface area (Å²) in [6, 6.07) is 9.65. The van der Waals surface area contributed by atoms with E-state index in [0.29, 0.717) is 11.0 Å². The summed E-state index contributed by atoms with van der Waals surface area (Å²) < 4.78 is 27.6. The highest BCUT2D eigenvalue weighted by Gasteiger charge is 2.18. The zero-order valence-corrected chi connectivity index (χ0v) is 18.5. The summed E-state index contributed by atoms with van der Waals surface area (Å²) in [5.74, 6) is -0.103. The fourth-order valence-electron chi connectivity index (χ4n) is 2.72. The molecule has 3 rings (SSSR count). The lowest BCUT2D eigenvalue weighted by Gasteiger charge is -2.08. The molecular weight excluding hydrogens is 428 g/mol. The van der Waals surface area contributed by atoms with Crippen LogP contribution in [0.2, 0.25) is 0 Å². The van der Waals surface area contributed by atoms with E-state index in [1.807, 2.05) is 17.5 Å². The fraction of sp³-hybridized carbons (Fsp3) is 0.316. The lowest BCUT2D eigenvalue weighted by atomic mass is 10.1. The first-order valence-corrected chi connectivity index (χ1v) is 12.4. The second-order valence-corrected chi connectivity index (χ2v) is 10.2. The Hall–Kier alpha value is -2.14. The lowest BCUT2D eigenvalue weighted by Crippen LogP contribution is -2.23.